The third-order valence-corrected chi connectivity index (χ3v) is 6.85. The molecule has 2 aliphatic heterocycles. The number of aromatic amines is 1. The highest BCUT2D eigenvalue weighted by Crippen LogP contribution is 2.46. The monoisotopic (exact) mass is 498 g/mol. The van der Waals surface area contributed by atoms with Crippen molar-refractivity contribution in [1.82, 2.24) is 20.1 Å². The number of piperazine rings is 1. The van der Waals surface area contributed by atoms with Gasteiger partial charge in [-0.25, -0.2) is 4.98 Å². The number of hydrogen-bond donors (Lipinski definition) is 1. The number of carbonyl (C=O) groups excluding carboxylic acids is 1. The number of amides is 1. The molecule has 190 valence electrons. The molecule has 10 heteroatoms. The molecule has 1 saturated heterocycles. The number of alkyl halides is 3. The van der Waals surface area contributed by atoms with Crippen LogP contribution in [-0.4, -0.2) is 59.2 Å². The van der Waals surface area contributed by atoms with Crippen LogP contribution in [0, 0.1) is 5.92 Å². The number of nitrogens with one attached hydrogen (secondary N) is 1. The number of hydrogen-bond acceptors (Lipinski definition) is 5. The Labute approximate surface area is 207 Å². The number of fused-ring (bicyclic) bond motifs is 1. The highest BCUT2D eigenvalue weighted by atomic mass is 19.4. The Bertz CT molecular complexity index is 1250. The normalized spacial score (nSPS) is 18.9. The molecule has 7 nitrogen and oxygen atoms in total. The van der Waals surface area contributed by atoms with Crippen LogP contribution < -0.4 is 9.80 Å². The Kier molecular flexibility index (Phi) is 6.23. The highest BCUT2D eigenvalue weighted by molar-refractivity contribution is 6.10. The van der Waals surface area contributed by atoms with Crippen LogP contribution in [0.1, 0.15) is 52.8 Å². The summed E-state index contributed by atoms with van der Waals surface area (Å²) in [5.74, 6) is 0.568. The lowest BCUT2D eigenvalue weighted by molar-refractivity contribution is -0.138. The first-order valence-corrected chi connectivity index (χ1v) is 12.1. The number of aromatic nitrogens is 3. The van der Waals surface area contributed by atoms with Crippen molar-refractivity contribution in [3.8, 4) is 0 Å². The van der Waals surface area contributed by atoms with Crippen LogP contribution in [0.5, 0.6) is 0 Å². The van der Waals surface area contributed by atoms with E-state index in [0.29, 0.717) is 23.4 Å². The van der Waals surface area contributed by atoms with Gasteiger partial charge in [-0.2, -0.15) is 18.3 Å². The second-order valence-corrected chi connectivity index (χ2v) is 9.89. The van der Waals surface area contributed by atoms with E-state index in [1.54, 1.807) is 18.3 Å². The lowest BCUT2D eigenvalue weighted by atomic mass is 9.92. The summed E-state index contributed by atoms with van der Waals surface area (Å²) in [6.07, 6.45) is -2.43. The van der Waals surface area contributed by atoms with E-state index in [-0.39, 0.29) is 17.2 Å². The van der Waals surface area contributed by atoms with Crippen molar-refractivity contribution >= 4 is 17.4 Å². The maximum atomic E-state index is 14.1. The lowest BCUT2D eigenvalue weighted by Crippen LogP contribution is -2.44. The fourth-order valence-electron chi connectivity index (χ4n) is 5.07. The molecule has 3 aromatic rings. The maximum absolute atomic E-state index is 14.1. The number of halogens is 3. The van der Waals surface area contributed by atoms with E-state index in [4.69, 9.17) is 0 Å². The number of H-pyrrole nitrogens is 1. The van der Waals surface area contributed by atoms with Gasteiger partial charge in [0.05, 0.1) is 23.5 Å². The molecule has 5 rings (SSSR count). The molecule has 2 aromatic heterocycles. The zero-order chi connectivity index (χ0) is 25.6. The van der Waals surface area contributed by atoms with E-state index >= 15 is 0 Å². The Morgan fingerprint density at radius 1 is 1.08 bits per heavy atom. The van der Waals surface area contributed by atoms with Gasteiger partial charge in [0.15, 0.2) is 5.69 Å². The van der Waals surface area contributed by atoms with E-state index in [9.17, 15) is 18.0 Å². The SMILES string of the molecule is CC(C)Cc1[nH]nc2c1C(c1ccccc1C(F)(F)F)N(c1ccc(N3CCN(C)CC3)nc1)C2=O. The summed E-state index contributed by atoms with van der Waals surface area (Å²) in [6, 6.07) is 8.08. The van der Waals surface area contributed by atoms with E-state index in [0.717, 1.165) is 38.1 Å². The number of carbonyl (C=O) groups is 1. The molecule has 2 aliphatic rings. The first-order valence-electron chi connectivity index (χ1n) is 12.1. The van der Waals surface area contributed by atoms with Gasteiger partial charge in [-0.05, 0) is 43.1 Å². The van der Waals surface area contributed by atoms with Crippen molar-refractivity contribution in [3.05, 3.63) is 70.7 Å². The molecule has 1 fully saturated rings. The minimum absolute atomic E-state index is 0.0200. The predicted octanol–water partition coefficient (Wildman–Crippen LogP) is 4.52. The molecule has 36 heavy (non-hydrogen) atoms. The fourth-order valence-corrected chi connectivity index (χ4v) is 5.07. The van der Waals surface area contributed by atoms with E-state index in [1.807, 2.05) is 19.9 Å². The molecule has 0 spiro atoms. The molecule has 0 bridgehead atoms. The molecule has 4 heterocycles. The Hall–Kier alpha value is -3.40. The number of rotatable bonds is 5. The van der Waals surface area contributed by atoms with Crippen molar-refractivity contribution < 1.29 is 18.0 Å². The van der Waals surface area contributed by atoms with Crippen molar-refractivity contribution in [1.29, 1.82) is 0 Å². The van der Waals surface area contributed by atoms with E-state index in [2.05, 4.69) is 32.0 Å². The van der Waals surface area contributed by atoms with Crippen LogP contribution in [0.25, 0.3) is 0 Å². The van der Waals surface area contributed by atoms with Gasteiger partial charge in [0.25, 0.3) is 5.91 Å². The van der Waals surface area contributed by atoms with Gasteiger partial charge in [0.1, 0.15) is 5.82 Å². The number of anilines is 2. The van der Waals surface area contributed by atoms with Crippen LogP contribution in [0.3, 0.4) is 0 Å². The first kappa shape index (κ1) is 24.3. The predicted molar refractivity (Wildman–Crippen MR) is 131 cm³/mol. The molecule has 1 amide bonds. The Morgan fingerprint density at radius 2 is 1.81 bits per heavy atom. The molecular weight excluding hydrogens is 469 g/mol. The largest absolute Gasteiger partial charge is 0.416 e. The zero-order valence-corrected chi connectivity index (χ0v) is 20.5. The second kappa shape index (κ2) is 9.24. The van der Waals surface area contributed by atoms with Crippen molar-refractivity contribution in [2.75, 3.05) is 43.0 Å². The standard InChI is InChI=1S/C26H29F3N6O/c1-16(2)14-20-22-23(32-31-20)25(36)35(24(22)18-6-4-5-7-19(18)26(27,28)29)17-8-9-21(30-15-17)34-12-10-33(3)11-13-34/h4-9,15-16,24H,10-14H2,1-3H3,(H,31,32). The number of likely N-dealkylation sites (N-methyl/N-ethyl adjacent to an activating group) is 1. The summed E-state index contributed by atoms with van der Waals surface area (Å²) in [7, 11) is 2.07. The Morgan fingerprint density at radius 3 is 2.44 bits per heavy atom. The summed E-state index contributed by atoms with van der Waals surface area (Å²) >= 11 is 0. The zero-order valence-electron chi connectivity index (χ0n) is 20.5. The van der Waals surface area contributed by atoms with Crippen LogP contribution in [0.4, 0.5) is 24.7 Å². The van der Waals surface area contributed by atoms with Gasteiger partial charge < -0.3 is 9.80 Å². The summed E-state index contributed by atoms with van der Waals surface area (Å²) < 4.78 is 42.2. The summed E-state index contributed by atoms with van der Waals surface area (Å²) in [6.45, 7) is 7.54. The molecule has 1 N–H and O–H groups in total. The molecule has 1 unspecified atom stereocenters. The maximum Gasteiger partial charge on any atom is 0.416 e. The average Bonchev–Trinajstić information content (AvgIpc) is 3.37. The average molecular weight is 499 g/mol. The quantitative estimate of drug-likeness (QED) is 0.560. The number of nitrogens with zero attached hydrogens (tertiary/aromatic N) is 5. The molecule has 0 aliphatic carbocycles. The minimum atomic E-state index is -4.57. The minimum Gasteiger partial charge on any atom is -0.354 e. The van der Waals surface area contributed by atoms with Gasteiger partial charge in [0, 0.05) is 37.4 Å². The van der Waals surface area contributed by atoms with Crippen molar-refractivity contribution in [2.24, 2.45) is 5.92 Å². The van der Waals surface area contributed by atoms with Crippen LogP contribution >= 0.6 is 0 Å². The summed E-state index contributed by atoms with van der Waals surface area (Å²) in [5, 5.41) is 7.16. The van der Waals surface area contributed by atoms with Gasteiger partial charge in [0.2, 0.25) is 0 Å². The third kappa shape index (κ3) is 4.34. The van der Waals surface area contributed by atoms with Crippen molar-refractivity contribution in [3.63, 3.8) is 0 Å². The Balaban J connectivity index is 1.59. The summed E-state index contributed by atoms with van der Waals surface area (Å²) in [4.78, 5) is 24.0. The molecular formula is C26H29F3N6O. The third-order valence-electron chi connectivity index (χ3n) is 6.85. The number of pyridine rings is 1. The topological polar surface area (TPSA) is 68.4 Å². The molecule has 1 atom stereocenters. The summed E-state index contributed by atoms with van der Waals surface area (Å²) in [5.41, 5.74) is 1.04. The van der Waals surface area contributed by atoms with Crippen LogP contribution in [0.2, 0.25) is 0 Å². The highest BCUT2D eigenvalue weighted by Gasteiger charge is 2.46. The van der Waals surface area contributed by atoms with Gasteiger partial charge in [-0.3, -0.25) is 14.8 Å². The van der Waals surface area contributed by atoms with E-state index < -0.39 is 23.7 Å². The fraction of sp³-hybridized carbons (Fsp3) is 0.423. The smallest absolute Gasteiger partial charge is 0.354 e. The molecule has 0 saturated carbocycles. The van der Waals surface area contributed by atoms with Gasteiger partial charge >= 0.3 is 6.18 Å². The first-order chi connectivity index (χ1) is 17.1. The van der Waals surface area contributed by atoms with E-state index in [1.165, 1.54) is 17.0 Å². The second-order valence-electron chi connectivity index (χ2n) is 9.89. The van der Waals surface area contributed by atoms with Crippen LogP contribution in [0.15, 0.2) is 42.6 Å². The lowest BCUT2D eigenvalue weighted by Gasteiger charge is -2.33. The van der Waals surface area contributed by atoms with Crippen LogP contribution in [-0.2, 0) is 12.6 Å². The molecule has 0 radical (unpaired) electrons. The van der Waals surface area contributed by atoms with Gasteiger partial charge in [-0.1, -0.05) is 32.0 Å². The van der Waals surface area contributed by atoms with Gasteiger partial charge in [-0.15, -0.1) is 0 Å². The van der Waals surface area contributed by atoms with Crippen molar-refractivity contribution in [2.45, 2.75) is 32.5 Å². The molecule has 1 aromatic carbocycles. The number of benzene rings is 1.